The average Bonchev–Trinajstić information content (AvgIpc) is 2.20. The molecule has 16 heavy (non-hydrogen) atoms. The first kappa shape index (κ1) is 13.1. The van der Waals surface area contributed by atoms with Gasteiger partial charge >= 0.3 is 5.97 Å². The Balaban J connectivity index is 2.91. The number of carbonyl (C=O) groups is 2. The van der Waals surface area contributed by atoms with E-state index in [2.05, 4.69) is 15.9 Å². The molecule has 0 fully saturated rings. The Morgan fingerprint density at radius 3 is 2.56 bits per heavy atom. The molecule has 0 saturated heterocycles. The molecule has 1 rings (SSSR count). The lowest BCUT2D eigenvalue weighted by Gasteiger charge is -2.03. The molecule has 0 aromatic heterocycles. The summed E-state index contributed by atoms with van der Waals surface area (Å²) < 4.78 is 13.7. The Morgan fingerprint density at radius 1 is 1.38 bits per heavy atom. The topological polar surface area (TPSA) is 54.4 Å². The van der Waals surface area contributed by atoms with Crippen molar-refractivity contribution in [3.8, 4) is 0 Å². The van der Waals surface area contributed by atoms with E-state index in [0.717, 1.165) is 6.07 Å². The van der Waals surface area contributed by atoms with Gasteiger partial charge in [-0.1, -0.05) is 11.6 Å². The molecule has 0 atom stereocenters. The third kappa shape index (κ3) is 3.28. The zero-order valence-corrected chi connectivity index (χ0v) is 10.3. The molecule has 0 saturated carbocycles. The van der Waals surface area contributed by atoms with Crippen LogP contribution in [0.1, 0.15) is 23.2 Å². The maximum Gasteiger partial charge on any atom is 0.303 e. The molecular formula is C10H7BrClFO3. The van der Waals surface area contributed by atoms with Crippen LogP contribution in [0.15, 0.2) is 16.6 Å². The first-order chi connectivity index (χ1) is 7.41. The summed E-state index contributed by atoms with van der Waals surface area (Å²) in [6.07, 6.45) is -0.573. The van der Waals surface area contributed by atoms with Gasteiger partial charge in [0, 0.05) is 10.9 Å². The SMILES string of the molecule is O=C(O)CCC(=O)c1cc(Cl)c(Br)cc1F. The van der Waals surface area contributed by atoms with E-state index in [9.17, 15) is 14.0 Å². The van der Waals surface area contributed by atoms with Crippen LogP contribution in [0.25, 0.3) is 0 Å². The van der Waals surface area contributed by atoms with E-state index in [1.54, 1.807) is 0 Å². The Morgan fingerprint density at radius 2 is 2.00 bits per heavy atom. The van der Waals surface area contributed by atoms with Crippen LogP contribution in [0, 0.1) is 5.82 Å². The van der Waals surface area contributed by atoms with Crippen LogP contribution in [-0.4, -0.2) is 16.9 Å². The van der Waals surface area contributed by atoms with Crippen LogP contribution >= 0.6 is 27.5 Å². The summed E-state index contributed by atoms with van der Waals surface area (Å²) in [5, 5.41) is 8.61. The third-order valence-electron chi connectivity index (χ3n) is 1.88. The number of rotatable bonds is 4. The highest BCUT2D eigenvalue weighted by molar-refractivity contribution is 9.10. The zero-order valence-electron chi connectivity index (χ0n) is 7.97. The number of hydrogen-bond acceptors (Lipinski definition) is 2. The van der Waals surface area contributed by atoms with Gasteiger partial charge < -0.3 is 5.11 Å². The Bertz CT molecular complexity index is 448. The highest BCUT2D eigenvalue weighted by atomic mass is 79.9. The van der Waals surface area contributed by atoms with Gasteiger partial charge in [-0.05, 0) is 28.1 Å². The highest BCUT2D eigenvalue weighted by Crippen LogP contribution is 2.26. The van der Waals surface area contributed by atoms with Crippen LogP contribution in [0.2, 0.25) is 5.02 Å². The molecule has 3 nitrogen and oxygen atoms in total. The van der Waals surface area contributed by atoms with Crippen molar-refractivity contribution >= 4 is 39.3 Å². The van der Waals surface area contributed by atoms with Crippen molar-refractivity contribution in [1.29, 1.82) is 0 Å². The van der Waals surface area contributed by atoms with Gasteiger partial charge in [0.1, 0.15) is 5.82 Å². The summed E-state index contributed by atoms with van der Waals surface area (Å²) in [5.41, 5.74) is -0.186. The predicted octanol–water partition coefficient (Wildman–Crippen LogP) is 3.29. The minimum absolute atomic E-state index is 0.186. The lowest BCUT2D eigenvalue weighted by Crippen LogP contribution is -2.06. The van der Waals surface area contributed by atoms with Crippen LogP contribution < -0.4 is 0 Å². The number of hydrogen-bond donors (Lipinski definition) is 1. The summed E-state index contributed by atoms with van der Waals surface area (Å²) in [7, 11) is 0. The number of carbonyl (C=O) groups excluding carboxylic acids is 1. The van der Waals surface area contributed by atoms with Crippen LogP contribution in [0.5, 0.6) is 0 Å². The van der Waals surface area contributed by atoms with Gasteiger partial charge in [-0.2, -0.15) is 0 Å². The van der Waals surface area contributed by atoms with Gasteiger partial charge in [-0.15, -0.1) is 0 Å². The van der Waals surface area contributed by atoms with Crippen molar-refractivity contribution in [2.45, 2.75) is 12.8 Å². The number of benzene rings is 1. The second-order valence-electron chi connectivity index (χ2n) is 3.06. The van der Waals surface area contributed by atoms with Crippen molar-refractivity contribution in [2.24, 2.45) is 0 Å². The maximum atomic E-state index is 13.3. The van der Waals surface area contributed by atoms with E-state index in [1.165, 1.54) is 6.07 Å². The van der Waals surface area contributed by atoms with Crippen molar-refractivity contribution in [2.75, 3.05) is 0 Å². The Hall–Kier alpha value is -0.940. The number of carboxylic acid groups (broad SMARTS) is 1. The summed E-state index contributed by atoms with van der Waals surface area (Å²) in [6, 6.07) is 2.27. The fraction of sp³-hybridized carbons (Fsp3) is 0.200. The van der Waals surface area contributed by atoms with E-state index in [-0.39, 0.29) is 23.4 Å². The molecular weight excluding hydrogens is 302 g/mol. The second-order valence-corrected chi connectivity index (χ2v) is 4.32. The number of aliphatic carboxylic acids is 1. The molecule has 86 valence electrons. The maximum absolute atomic E-state index is 13.3. The van der Waals surface area contributed by atoms with Crippen molar-refractivity contribution < 1.29 is 19.1 Å². The van der Waals surface area contributed by atoms with Crippen molar-refractivity contribution in [3.05, 3.63) is 33.0 Å². The fourth-order valence-electron chi connectivity index (χ4n) is 1.09. The first-order valence-corrected chi connectivity index (χ1v) is 5.48. The number of Topliss-reactive ketones (excluding diaryl/α,β-unsaturated/α-hetero) is 1. The number of ketones is 1. The van der Waals surface area contributed by atoms with E-state index < -0.39 is 17.6 Å². The molecule has 1 aromatic rings. The van der Waals surface area contributed by atoms with E-state index in [4.69, 9.17) is 16.7 Å². The largest absolute Gasteiger partial charge is 0.481 e. The fourth-order valence-corrected chi connectivity index (χ4v) is 1.57. The van der Waals surface area contributed by atoms with Gasteiger partial charge in [0.25, 0.3) is 0 Å². The molecule has 0 radical (unpaired) electrons. The molecule has 1 aromatic carbocycles. The number of halogens is 3. The standard InChI is InChI=1S/C10H7BrClFO3/c11-6-4-8(13)5(3-7(6)12)9(14)1-2-10(15)16/h3-4H,1-2H2,(H,15,16). The summed E-state index contributed by atoms with van der Waals surface area (Å²) in [4.78, 5) is 21.7. The van der Waals surface area contributed by atoms with Gasteiger partial charge in [-0.25, -0.2) is 4.39 Å². The van der Waals surface area contributed by atoms with E-state index in [0.29, 0.717) is 4.47 Å². The second kappa shape index (κ2) is 5.41. The normalized spacial score (nSPS) is 10.2. The van der Waals surface area contributed by atoms with Crippen LogP contribution in [0.3, 0.4) is 0 Å². The van der Waals surface area contributed by atoms with E-state index in [1.807, 2.05) is 0 Å². The zero-order chi connectivity index (χ0) is 12.3. The average molecular weight is 310 g/mol. The first-order valence-electron chi connectivity index (χ1n) is 4.31. The van der Waals surface area contributed by atoms with Crippen LogP contribution in [-0.2, 0) is 4.79 Å². The molecule has 0 spiro atoms. The van der Waals surface area contributed by atoms with Crippen LogP contribution in [0.4, 0.5) is 4.39 Å². The minimum Gasteiger partial charge on any atom is -0.481 e. The van der Waals surface area contributed by atoms with Gasteiger partial charge in [0.15, 0.2) is 5.78 Å². The molecule has 0 heterocycles. The molecule has 6 heteroatoms. The molecule has 0 aliphatic heterocycles. The smallest absolute Gasteiger partial charge is 0.303 e. The molecule has 0 aliphatic rings. The van der Waals surface area contributed by atoms with Gasteiger partial charge in [0.05, 0.1) is 17.0 Å². The predicted molar refractivity (Wildman–Crippen MR) is 60.3 cm³/mol. The van der Waals surface area contributed by atoms with Crippen molar-refractivity contribution in [1.82, 2.24) is 0 Å². The molecule has 0 unspecified atom stereocenters. The molecule has 0 bridgehead atoms. The number of carboxylic acids is 1. The summed E-state index contributed by atoms with van der Waals surface area (Å²) in [5.74, 6) is -2.39. The molecule has 0 amide bonds. The van der Waals surface area contributed by atoms with Gasteiger partial charge in [0.2, 0.25) is 0 Å². The molecule has 0 aliphatic carbocycles. The van der Waals surface area contributed by atoms with E-state index >= 15 is 0 Å². The lowest BCUT2D eigenvalue weighted by atomic mass is 10.1. The van der Waals surface area contributed by atoms with Gasteiger partial charge in [-0.3, -0.25) is 9.59 Å². The van der Waals surface area contributed by atoms with Crippen molar-refractivity contribution in [3.63, 3.8) is 0 Å². The quantitative estimate of drug-likeness (QED) is 0.686. The third-order valence-corrected chi connectivity index (χ3v) is 3.07. The minimum atomic E-state index is -1.10. The Labute approximate surface area is 104 Å². The molecule has 1 N–H and O–H groups in total. The highest BCUT2D eigenvalue weighted by Gasteiger charge is 2.15. The lowest BCUT2D eigenvalue weighted by molar-refractivity contribution is -0.136. The summed E-state index contributed by atoms with van der Waals surface area (Å²) >= 11 is 8.72. The summed E-state index contributed by atoms with van der Waals surface area (Å²) in [6.45, 7) is 0. The Kier molecular flexibility index (Phi) is 4.44. The monoisotopic (exact) mass is 308 g/mol.